The van der Waals surface area contributed by atoms with Crippen LogP contribution in [0, 0.1) is 0 Å². The number of piperazine rings is 1. The SMILES string of the molecule is O=c1n(-c2ccc(N3CCN(c4ccc(OCC5CO[C@H](C(c6ccc(Cl)cc6Cl)n6cncn6)O5)cc4)CC3)cc2)cnn1CC1CO[C@@](Cn2cncn2)(c2ccc(Cl)cc2Cl)O1. The van der Waals surface area contributed by atoms with Crippen LogP contribution in [0.1, 0.15) is 17.2 Å². The lowest BCUT2D eigenvalue weighted by Crippen LogP contribution is -2.46. The van der Waals surface area contributed by atoms with E-state index in [-0.39, 0.29) is 31.5 Å². The Morgan fingerprint density at radius 1 is 0.723 bits per heavy atom. The van der Waals surface area contributed by atoms with Crippen molar-refractivity contribution in [1.29, 1.82) is 0 Å². The first-order valence-electron chi connectivity index (χ1n) is 20.8. The number of nitrogens with zero attached hydrogens (tertiary/aromatic N) is 11. The van der Waals surface area contributed by atoms with Crippen molar-refractivity contribution >= 4 is 57.8 Å². The third-order valence-corrected chi connectivity index (χ3v) is 12.7. The number of aromatic nitrogens is 9. The summed E-state index contributed by atoms with van der Waals surface area (Å²) in [5.41, 5.74) is 3.95. The van der Waals surface area contributed by atoms with Gasteiger partial charge in [-0.25, -0.2) is 33.4 Å². The second-order valence-electron chi connectivity index (χ2n) is 15.7. The van der Waals surface area contributed by atoms with Crippen LogP contribution in [0.15, 0.2) is 121 Å². The van der Waals surface area contributed by atoms with Gasteiger partial charge < -0.3 is 33.5 Å². The zero-order valence-corrected chi connectivity index (χ0v) is 37.5. The third kappa shape index (κ3) is 9.33. The van der Waals surface area contributed by atoms with E-state index in [0.717, 1.165) is 48.9 Å². The van der Waals surface area contributed by atoms with Gasteiger partial charge in [-0.05, 0) is 72.8 Å². The Hall–Kier alpha value is -5.50. The summed E-state index contributed by atoms with van der Waals surface area (Å²) < 4.78 is 37.5. The van der Waals surface area contributed by atoms with Gasteiger partial charge in [-0.15, -0.1) is 0 Å². The Kier molecular flexibility index (Phi) is 12.5. The number of halogens is 4. The van der Waals surface area contributed by atoms with Gasteiger partial charge in [0.05, 0.1) is 30.5 Å². The van der Waals surface area contributed by atoms with Crippen molar-refractivity contribution in [3.63, 3.8) is 0 Å². The Morgan fingerprint density at radius 2 is 1.40 bits per heavy atom. The van der Waals surface area contributed by atoms with Gasteiger partial charge in [0.2, 0.25) is 5.79 Å². The van der Waals surface area contributed by atoms with Crippen LogP contribution < -0.4 is 20.2 Å². The van der Waals surface area contributed by atoms with E-state index in [2.05, 4.69) is 47.2 Å². The van der Waals surface area contributed by atoms with Crippen LogP contribution in [-0.2, 0) is 37.8 Å². The number of hydrogen-bond acceptors (Lipinski definition) is 13. The molecule has 0 amide bonds. The average molecular weight is 962 g/mol. The van der Waals surface area contributed by atoms with Gasteiger partial charge >= 0.3 is 5.69 Å². The quantitative estimate of drug-likeness (QED) is 0.116. The minimum atomic E-state index is -1.27. The molecule has 17 nitrogen and oxygen atoms in total. The van der Waals surface area contributed by atoms with Gasteiger partial charge in [-0.3, -0.25) is 0 Å². The van der Waals surface area contributed by atoms with Gasteiger partial charge in [-0.2, -0.15) is 15.3 Å². The summed E-state index contributed by atoms with van der Waals surface area (Å²) >= 11 is 25.5. The maximum atomic E-state index is 13.6. The van der Waals surface area contributed by atoms with Gasteiger partial charge in [0.1, 0.15) is 68.8 Å². The minimum absolute atomic E-state index is 0.162. The molecular weight excluding hydrogens is 920 g/mol. The van der Waals surface area contributed by atoms with Crippen LogP contribution >= 0.6 is 46.4 Å². The molecule has 0 bridgehead atoms. The molecular formula is C44H41Cl4N11O6. The van der Waals surface area contributed by atoms with E-state index in [1.165, 1.54) is 28.2 Å². The minimum Gasteiger partial charge on any atom is -0.491 e. The fraction of sp³-hybridized carbons (Fsp3) is 0.318. The molecule has 5 atom stereocenters. The number of ether oxygens (including phenoxy) is 5. The molecule has 0 aliphatic carbocycles. The van der Waals surface area contributed by atoms with E-state index in [4.69, 9.17) is 70.1 Å². The number of rotatable bonds is 14. The third-order valence-electron chi connectivity index (χ3n) is 11.6. The summed E-state index contributed by atoms with van der Waals surface area (Å²) in [4.78, 5) is 26.4. The summed E-state index contributed by atoms with van der Waals surface area (Å²) in [5, 5.41) is 14.8. The van der Waals surface area contributed by atoms with E-state index < -0.39 is 24.2 Å². The molecule has 3 aliphatic rings. The molecule has 10 rings (SSSR count). The number of anilines is 2. The smallest absolute Gasteiger partial charge is 0.350 e. The van der Waals surface area contributed by atoms with Crippen LogP contribution in [0.4, 0.5) is 11.4 Å². The maximum absolute atomic E-state index is 13.6. The highest BCUT2D eigenvalue weighted by Crippen LogP contribution is 2.41. The van der Waals surface area contributed by atoms with Gasteiger partial charge in [0.15, 0.2) is 6.29 Å². The molecule has 65 heavy (non-hydrogen) atoms. The van der Waals surface area contributed by atoms with E-state index in [1.807, 2.05) is 42.5 Å². The molecule has 3 aliphatic heterocycles. The topological polar surface area (TPSA) is 154 Å². The molecule has 4 aromatic carbocycles. The van der Waals surface area contributed by atoms with Crippen molar-refractivity contribution in [2.24, 2.45) is 0 Å². The van der Waals surface area contributed by atoms with Crippen molar-refractivity contribution < 1.29 is 23.7 Å². The maximum Gasteiger partial charge on any atom is 0.350 e. The largest absolute Gasteiger partial charge is 0.491 e. The van der Waals surface area contributed by atoms with E-state index in [0.29, 0.717) is 44.6 Å². The van der Waals surface area contributed by atoms with Crippen molar-refractivity contribution in [2.45, 2.75) is 43.4 Å². The first kappa shape index (κ1) is 43.4. The first-order chi connectivity index (χ1) is 31.7. The monoisotopic (exact) mass is 959 g/mol. The Bertz CT molecular complexity index is 2770. The summed E-state index contributed by atoms with van der Waals surface area (Å²) in [6.07, 6.45) is 6.13. The highest BCUT2D eigenvalue weighted by molar-refractivity contribution is 6.35. The Balaban J connectivity index is 0.710. The van der Waals surface area contributed by atoms with E-state index in [9.17, 15) is 4.79 Å². The molecule has 3 saturated heterocycles. The molecule has 3 fully saturated rings. The second-order valence-corrected chi connectivity index (χ2v) is 17.4. The fourth-order valence-electron chi connectivity index (χ4n) is 8.35. The lowest BCUT2D eigenvalue weighted by Gasteiger charge is -2.37. The Labute approximate surface area is 392 Å². The van der Waals surface area contributed by atoms with E-state index >= 15 is 0 Å². The zero-order chi connectivity index (χ0) is 44.5. The second kappa shape index (κ2) is 18.8. The van der Waals surface area contributed by atoms with Crippen LogP contribution in [0.25, 0.3) is 5.69 Å². The molecule has 0 spiro atoms. The van der Waals surface area contributed by atoms with Gasteiger partial charge in [0, 0.05) is 63.7 Å². The zero-order valence-electron chi connectivity index (χ0n) is 34.5. The normalized spacial score (nSPS) is 21.6. The molecule has 336 valence electrons. The summed E-state index contributed by atoms with van der Waals surface area (Å²) in [6, 6.07) is 26.0. The van der Waals surface area contributed by atoms with Crippen molar-refractivity contribution in [2.75, 3.05) is 55.8 Å². The lowest BCUT2D eigenvalue weighted by molar-refractivity contribution is -0.189. The first-order valence-corrected chi connectivity index (χ1v) is 22.3. The van der Waals surface area contributed by atoms with E-state index in [1.54, 1.807) is 52.4 Å². The highest BCUT2D eigenvalue weighted by Gasteiger charge is 2.46. The van der Waals surface area contributed by atoms with Crippen LogP contribution in [0.2, 0.25) is 20.1 Å². The predicted octanol–water partition coefficient (Wildman–Crippen LogP) is 6.54. The molecule has 0 radical (unpaired) electrons. The van der Waals surface area contributed by atoms with Crippen LogP contribution in [0.3, 0.4) is 0 Å². The average Bonchev–Trinajstić information content (AvgIpc) is 4.19. The van der Waals surface area contributed by atoms with Crippen molar-refractivity contribution in [3.8, 4) is 11.4 Å². The molecule has 7 aromatic rings. The van der Waals surface area contributed by atoms with Crippen molar-refractivity contribution in [3.05, 3.63) is 158 Å². The van der Waals surface area contributed by atoms with Crippen LogP contribution in [0.5, 0.6) is 5.75 Å². The highest BCUT2D eigenvalue weighted by atomic mass is 35.5. The van der Waals surface area contributed by atoms with Crippen LogP contribution in [-0.4, -0.2) is 108 Å². The number of benzene rings is 4. The lowest BCUT2D eigenvalue weighted by atomic mass is 10.1. The summed E-state index contributed by atoms with van der Waals surface area (Å²) in [6.45, 7) is 4.53. The summed E-state index contributed by atoms with van der Waals surface area (Å²) in [5.74, 6) is -0.539. The number of hydrogen-bond donors (Lipinski definition) is 0. The van der Waals surface area contributed by atoms with Gasteiger partial charge in [-0.1, -0.05) is 58.5 Å². The molecule has 6 heterocycles. The van der Waals surface area contributed by atoms with Gasteiger partial charge in [0.25, 0.3) is 0 Å². The molecule has 0 saturated carbocycles. The summed E-state index contributed by atoms with van der Waals surface area (Å²) in [7, 11) is 0. The molecule has 3 unspecified atom stereocenters. The molecule has 0 N–H and O–H groups in total. The fourth-order valence-corrected chi connectivity index (χ4v) is 9.42. The molecule has 21 heteroatoms. The Morgan fingerprint density at radius 3 is 2.08 bits per heavy atom. The predicted molar refractivity (Wildman–Crippen MR) is 242 cm³/mol. The standard InChI is InChI=1S/C44H41Cl4N11O6/c45-29-1-11-37(39(47)17-29)41(59-27-50-25-52-59)42-62-21-36(64-42)20-61-34-9-7-32(8-10-34)55-15-13-54(14-16-55)31-3-5-33(6-4-31)57-28-53-58(43(57)60)19-35-22-63-44(65-35,23-56-26-49-24-51-56)38-12-2-30(46)18-40(38)48/h1-12,17-18,24-28,35-36,41-42H,13-16,19-23H2/t35?,36?,41?,42-,44+/m0/s1. The molecule has 3 aromatic heterocycles. The van der Waals surface area contributed by atoms with Crippen molar-refractivity contribution in [1.82, 2.24) is 43.9 Å².